The fraction of sp³-hybridized carbons (Fsp3) is 0.0179. The first-order valence-electron chi connectivity index (χ1n) is 20.2. The van der Waals surface area contributed by atoms with Crippen LogP contribution in [0.3, 0.4) is 0 Å². The van der Waals surface area contributed by atoms with Gasteiger partial charge in [0.1, 0.15) is 5.52 Å². The van der Waals surface area contributed by atoms with Gasteiger partial charge in [0.15, 0.2) is 5.58 Å². The summed E-state index contributed by atoms with van der Waals surface area (Å²) in [7, 11) is 0. The maximum Gasteiger partial charge on any atom is 0.227 e. The minimum Gasteiger partial charge on any atom is -0.436 e. The Morgan fingerprint density at radius 1 is 0.407 bits per heavy atom. The monoisotopic (exact) mass is 752 g/mol. The summed E-state index contributed by atoms with van der Waals surface area (Å²) < 4.78 is 8.73. The van der Waals surface area contributed by atoms with Crippen LogP contribution in [-0.4, -0.2) is 9.55 Å². The molecular formula is C56H36N2O. The van der Waals surface area contributed by atoms with Crippen LogP contribution < -0.4 is 0 Å². The van der Waals surface area contributed by atoms with Crippen molar-refractivity contribution in [3.63, 3.8) is 0 Å². The summed E-state index contributed by atoms with van der Waals surface area (Å²) >= 11 is 0. The lowest BCUT2D eigenvalue weighted by Gasteiger charge is -2.34. The zero-order valence-corrected chi connectivity index (χ0v) is 32.1. The molecule has 1 unspecified atom stereocenters. The molecule has 2 aromatic heterocycles. The predicted molar refractivity (Wildman–Crippen MR) is 242 cm³/mol. The van der Waals surface area contributed by atoms with E-state index in [-0.39, 0.29) is 0 Å². The molecule has 0 saturated heterocycles. The van der Waals surface area contributed by atoms with Gasteiger partial charge in [-0.25, -0.2) is 4.98 Å². The second kappa shape index (κ2) is 13.2. The van der Waals surface area contributed by atoms with E-state index >= 15 is 0 Å². The Kier molecular flexibility index (Phi) is 7.45. The lowest BCUT2D eigenvalue weighted by molar-refractivity contribution is 0.619. The van der Waals surface area contributed by atoms with Crippen LogP contribution in [0, 0.1) is 0 Å². The van der Waals surface area contributed by atoms with Crippen molar-refractivity contribution >= 4 is 32.9 Å². The van der Waals surface area contributed by atoms with Gasteiger partial charge in [-0.2, -0.15) is 0 Å². The van der Waals surface area contributed by atoms with Crippen molar-refractivity contribution in [2.75, 3.05) is 0 Å². The van der Waals surface area contributed by atoms with Gasteiger partial charge in [-0.1, -0.05) is 164 Å². The van der Waals surface area contributed by atoms with Crippen LogP contribution in [-0.2, 0) is 5.41 Å². The molecule has 0 aliphatic heterocycles. The summed E-state index contributed by atoms with van der Waals surface area (Å²) in [5, 5.41) is 2.47. The molecule has 0 amide bonds. The maximum atomic E-state index is 6.33. The third kappa shape index (κ3) is 5.05. The van der Waals surface area contributed by atoms with Crippen LogP contribution in [0.5, 0.6) is 0 Å². The molecule has 0 spiro atoms. The van der Waals surface area contributed by atoms with Gasteiger partial charge in [-0.3, -0.25) is 0 Å². The number of aromatic nitrogens is 2. The lowest BCUT2D eigenvalue weighted by atomic mass is 9.67. The summed E-state index contributed by atoms with van der Waals surface area (Å²) in [6, 6.07) is 78.8. The van der Waals surface area contributed by atoms with Gasteiger partial charge in [0.05, 0.1) is 16.4 Å². The van der Waals surface area contributed by atoms with E-state index in [1.54, 1.807) is 0 Å². The molecule has 0 bridgehead atoms. The van der Waals surface area contributed by atoms with Crippen molar-refractivity contribution in [2.45, 2.75) is 5.41 Å². The number of hydrogen-bond donors (Lipinski definition) is 0. The molecule has 12 rings (SSSR count). The Morgan fingerprint density at radius 2 is 1.03 bits per heavy atom. The van der Waals surface area contributed by atoms with Crippen LogP contribution in [0.1, 0.15) is 22.3 Å². The molecule has 3 heteroatoms. The van der Waals surface area contributed by atoms with Crippen molar-refractivity contribution in [1.29, 1.82) is 0 Å². The SMILES string of the molecule is c1ccc(-c2ccc(-n3c4ccccc4c4cc(-c5cccc6c5-c5ccccc5C6(c5ccccc5)c5ccc6oc(-c7ccccc7)nc6c5)ccc43)cc2)cc1. The number of nitrogens with zero attached hydrogens (tertiary/aromatic N) is 2. The van der Waals surface area contributed by atoms with Gasteiger partial charge in [-0.15, -0.1) is 0 Å². The molecule has 0 N–H and O–H groups in total. The summed E-state index contributed by atoms with van der Waals surface area (Å²) in [5.41, 5.74) is 17.7. The van der Waals surface area contributed by atoms with Crippen molar-refractivity contribution < 1.29 is 4.42 Å². The molecule has 11 aromatic rings. The summed E-state index contributed by atoms with van der Waals surface area (Å²) in [5.74, 6) is 0.627. The van der Waals surface area contributed by atoms with Gasteiger partial charge in [0, 0.05) is 22.0 Å². The number of hydrogen-bond acceptors (Lipinski definition) is 2. The average Bonchev–Trinajstić information content (AvgIpc) is 3.99. The number of fused-ring (bicyclic) bond motifs is 7. The van der Waals surface area contributed by atoms with E-state index in [2.05, 4.69) is 193 Å². The van der Waals surface area contributed by atoms with Crippen molar-refractivity contribution in [3.8, 4) is 50.5 Å². The number of oxazole rings is 1. The molecule has 0 saturated carbocycles. The van der Waals surface area contributed by atoms with Crippen LogP contribution in [0.25, 0.3) is 83.4 Å². The standard InChI is InChI=1S/C56H36N2O/c1-4-15-37(16-5-1)38-27-31-43(32-28-38)58-51-26-13-11-21-45(51)47-35-40(29-33-52(47)58)44-23-14-25-49-54(44)46-22-10-12-24-48(46)56(49,41-19-8-3-9-20-41)42-30-34-53-50(36-42)57-55(59-53)39-17-6-2-7-18-39/h1-36H. The molecule has 9 aromatic carbocycles. The molecular weight excluding hydrogens is 717 g/mol. The Hall–Kier alpha value is -7.75. The smallest absolute Gasteiger partial charge is 0.227 e. The molecule has 2 heterocycles. The fourth-order valence-corrected chi connectivity index (χ4v) is 9.76. The van der Waals surface area contributed by atoms with Gasteiger partial charge < -0.3 is 8.98 Å². The van der Waals surface area contributed by atoms with Crippen LogP contribution in [0.4, 0.5) is 0 Å². The minimum absolute atomic E-state index is 0.588. The predicted octanol–water partition coefficient (Wildman–Crippen LogP) is 14.3. The van der Waals surface area contributed by atoms with Crippen LogP contribution in [0.15, 0.2) is 223 Å². The molecule has 1 atom stereocenters. The molecule has 1 aliphatic rings. The maximum absolute atomic E-state index is 6.33. The summed E-state index contributed by atoms with van der Waals surface area (Å²) in [4.78, 5) is 5.04. The van der Waals surface area contributed by atoms with E-state index in [4.69, 9.17) is 9.40 Å². The molecule has 1 aliphatic carbocycles. The van der Waals surface area contributed by atoms with E-state index in [9.17, 15) is 0 Å². The Bertz CT molecular complexity index is 3360. The van der Waals surface area contributed by atoms with E-state index in [1.165, 1.54) is 71.9 Å². The fourth-order valence-electron chi connectivity index (χ4n) is 9.76. The summed E-state index contributed by atoms with van der Waals surface area (Å²) in [6.45, 7) is 0. The van der Waals surface area contributed by atoms with Crippen LogP contribution >= 0.6 is 0 Å². The van der Waals surface area contributed by atoms with Gasteiger partial charge in [0.2, 0.25) is 5.89 Å². The van der Waals surface area contributed by atoms with Crippen molar-refractivity contribution in [2.24, 2.45) is 0 Å². The number of rotatable bonds is 6. The highest BCUT2D eigenvalue weighted by Gasteiger charge is 2.47. The van der Waals surface area contributed by atoms with E-state index in [1.807, 2.05) is 30.3 Å². The van der Waals surface area contributed by atoms with Gasteiger partial charge in [0.25, 0.3) is 0 Å². The van der Waals surface area contributed by atoms with Gasteiger partial charge >= 0.3 is 0 Å². The average molecular weight is 753 g/mol. The highest BCUT2D eigenvalue weighted by Crippen LogP contribution is 2.58. The third-order valence-electron chi connectivity index (χ3n) is 12.3. The number of para-hydroxylation sites is 1. The lowest BCUT2D eigenvalue weighted by Crippen LogP contribution is -2.28. The first-order valence-corrected chi connectivity index (χ1v) is 20.2. The van der Waals surface area contributed by atoms with E-state index in [0.717, 1.165) is 27.9 Å². The number of benzene rings is 9. The molecule has 0 radical (unpaired) electrons. The second-order valence-corrected chi connectivity index (χ2v) is 15.5. The second-order valence-electron chi connectivity index (χ2n) is 15.5. The van der Waals surface area contributed by atoms with Gasteiger partial charge in [-0.05, 0) is 110 Å². The van der Waals surface area contributed by atoms with E-state index < -0.39 is 5.41 Å². The normalized spacial score (nSPS) is 14.5. The third-order valence-corrected chi connectivity index (χ3v) is 12.3. The highest BCUT2D eigenvalue weighted by molar-refractivity contribution is 6.11. The minimum atomic E-state index is -0.588. The highest BCUT2D eigenvalue weighted by atomic mass is 16.3. The zero-order valence-electron chi connectivity index (χ0n) is 32.1. The first kappa shape index (κ1) is 33.4. The van der Waals surface area contributed by atoms with Crippen molar-refractivity contribution in [1.82, 2.24) is 9.55 Å². The Labute approximate surface area is 342 Å². The van der Waals surface area contributed by atoms with Crippen molar-refractivity contribution in [3.05, 3.63) is 241 Å². The molecule has 276 valence electrons. The van der Waals surface area contributed by atoms with E-state index in [0.29, 0.717) is 5.89 Å². The van der Waals surface area contributed by atoms with Crippen LogP contribution in [0.2, 0.25) is 0 Å². The molecule has 3 nitrogen and oxygen atoms in total. The Balaban J connectivity index is 1.06. The largest absolute Gasteiger partial charge is 0.436 e. The zero-order chi connectivity index (χ0) is 38.9. The molecule has 0 fully saturated rings. The quantitative estimate of drug-likeness (QED) is 0.169. The first-order chi connectivity index (χ1) is 29.3. The molecule has 59 heavy (non-hydrogen) atoms. The Morgan fingerprint density at radius 3 is 1.85 bits per heavy atom. The topological polar surface area (TPSA) is 31.0 Å². The summed E-state index contributed by atoms with van der Waals surface area (Å²) in [6.07, 6.45) is 0.